The Bertz CT molecular complexity index is 211. The van der Waals surface area contributed by atoms with Crippen molar-refractivity contribution in [3.05, 3.63) is 0 Å². The summed E-state index contributed by atoms with van der Waals surface area (Å²) in [6.45, 7) is 5.96. The van der Waals surface area contributed by atoms with Crippen molar-refractivity contribution < 1.29 is 4.79 Å². The SMILES string of the molecule is CC(=O)NN=C1CC(C)CC(C)C1. The Balaban J connectivity index is 2.49. The van der Waals surface area contributed by atoms with Crippen LogP contribution >= 0.6 is 0 Å². The summed E-state index contributed by atoms with van der Waals surface area (Å²) in [7, 11) is 0. The Morgan fingerprint density at radius 1 is 1.38 bits per heavy atom. The summed E-state index contributed by atoms with van der Waals surface area (Å²) in [6.07, 6.45) is 3.34. The largest absolute Gasteiger partial charge is 0.274 e. The number of hydrogen-bond donors (Lipinski definition) is 1. The number of carbonyl (C=O) groups excluding carboxylic acids is 1. The zero-order valence-corrected chi connectivity index (χ0v) is 8.63. The van der Waals surface area contributed by atoms with E-state index in [-0.39, 0.29) is 5.91 Å². The number of hydrazone groups is 1. The molecule has 13 heavy (non-hydrogen) atoms. The van der Waals surface area contributed by atoms with E-state index < -0.39 is 0 Å². The number of rotatable bonds is 1. The number of carbonyl (C=O) groups is 1. The molecule has 0 spiro atoms. The molecule has 1 saturated carbocycles. The standard InChI is InChI=1S/C10H18N2O/c1-7-4-8(2)6-10(5-7)12-11-9(3)13/h7-8H,4-6H2,1-3H3,(H,11,13). The smallest absolute Gasteiger partial charge is 0.236 e. The van der Waals surface area contributed by atoms with Crippen molar-refractivity contribution >= 4 is 11.6 Å². The monoisotopic (exact) mass is 182 g/mol. The van der Waals surface area contributed by atoms with Crippen LogP contribution < -0.4 is 5.43 Å². The van der Waals surface area contributed by atoms with Crippen molar-refractivity contribution in [1.29, 1.82) is 0 Å². The molecule has 0 aliphatic heterocycles. The molecule has 3 nitrogen and oxygen atoms in total. The lowest BCUT2D eigenvalue weighted by Crippen LogP contribution is -2.23. The Hall–Kier alpha value is -0.860. The Morgan fingerprint density at radius 3 is 2.38 bits per heavy atom. The summed E-state index contributed by atoms with van der Waals surface area (Å²) in [4.78, 5) is 10.6. The predicted molar refractivity (Wildman–Crippen MR) is 53.4 cm³/mol. The molecule has 1 aliphatic rings. The van der Waals surface area contributed by atoms with Crippen LogP contribution in [0.1, 0.15) is 40.0 Å². The van der Waals surface area contributed by atoms with E-state index in [9.17, 15) is 4.79 Å². The second kappa shape index (κ2) is 4.40. The fourth-order valence-electron chi connectivity index (χ4n) is 1.99. The summed E-state index contributed by atoms with van der Waals surface area (Å²) in [5.41, 5.74) is 3.65. The van der Waals surface area contributed by atoms with E-state index in [1.54, 1.807) is 0 Å². The molecule has 0 heterocycles. The van der Waals surface area contributed by atoms with E-state index in [0.29, 0.717) is 11.8 Å². The zero-order valence-electron chi connectivity index (χ0n) is 8.63. The van der Waals surface area contributed by atoms with Gasteiger partial charge in [0.2, 0.25) is 5.91 Å². The lowest BCUT2D eigenvalue weighted by molar-refractivity contribution is -0.118. The molecular formula is C10H18N2O. The average molecular weight is 182 g/mol. The van der Waals surface area contributed by atoms with Crippen LogP contribution in [0.3, 0.4) is 0 Å². The zero-order chi connectivity index (χ0) is 9.84. The van der Waals surface area contributed by atoms with Gasteiger partial charge in [0.1, 0.15) is 0 Å². The first-order valence-electron chi connectivity index (χ1n) is 4.90. The van der Waals surface area contributed by atoms with Gasteiger partial charge >= 0.3 is 0 Å². The molecule has 0 bridgehead atoms. The van der Waals surface area contributed by atoms with Crippen molar-refractivity contribution in [1.82, 2.24) is 5.43 Å². The second-order valence-electron chi connectivity index (χ2n) is 4.20. The first kappa shape index (κ1) is 10.2. The number of nitrogens with zero attached hydrogens (tertiary/aromatic N) is 1. The summed E-state index contributed by atoms with van der Waals surface area (Å²) in [6, 6.07) is 0. The highest BCUT2D eigenvalue weighted by atomic mass is 16.2. The van der Waals surface area contributed by atoms with Crippen LogP contribution in [0.4, 0.5) is 0 Å². The minimum absolute atomic E-state index is 0.0848. The van der Waals surface area contributed by atoms with Crippen LogP contribution in [0.2, 0.25) is 0 Å². The van der Waals surface area contributed by atoms with E-state index in [1.807, 2.05) is 0 Å². The molecule has 2 atom stereocenters. The van der Waals surface area contributed by atoms with Gasteiger partial charge in [0.05, 0.1) is 0 Å². The van der Waals surface area contributed by atoms with Crippen molar-refractivity contribution in [2.24, 2.45) is 16.9 Å². The predicted octanol–water partition coefficient (Wildman–Crippen LogP) is 1.93. The molecule has 0 aromatic heterocycles. The second-order valence-corrected chi connectivity index (χ2v) is 4.20. The normalized spacial score (nSPS) is 28.4. The van der Waals surface area contributed by atoms with E-state index in [4.69, 9.17) is 0 Å². The van der Waals surface area contributed by atoms with E-state index in [0.717, 1.165) is 18.6 Å². The highest BCUT2D eigenvalue weighted by Gasteiger charge is 2.19. The lowest BCUT2D eigenvalue weighted by atomic mass is 9.82. The first-order chi connectivity index (χ1) is 6.08. The fourth-order valence-corrected chi connectivity index (χ4v) is 1.99. The van der Waals surface area contributed by atoms with Gasteiger partial charge < -0.3 is 0 Å². The van der Waals surface area contributed by atoms with E-state index >= 15 is 0 Å². The van der Waals surface area contributed by atoms with Gasteiger partial charge in [0.25, 0.3) is 0 Å². The average Bonchev–Trinajstić information content (AvgIpc) is 1.99. The van der Waals surface area contributed by atoms with Crippen molar-refractivity contribution in [2.75, 3.05) is 0 Å². The molecule has 0 aromatic carbocycles. The minimum Gasteiger partial charge on any atom is -0.274 e. The number of nitrogens with one attached hydrogen (secondary N) is 1. The summed E-state index contributed by atoms with van der Waals surface area (Å²) in [5, 5.41) is 4.10. The molecule has 0 radical (unpaired) electrons. The molecule has 1 N–H and O–H groups in total. The topological polar surface area (TPSA) is 41.5 Å². The van der Waals surface area contributed by atoms with Crippen molar-refractivity contribution in [3.63, 3.8) is 0 Å². The molecule has 1 fully saturated rings. The molecule has 74 valence electrons. The molecule has 3 heteroatoms. The summed E-state index contributed by atoms with van der Waals surface area (Å²) < 4.78 is 0. The third kappa shape index (κ3) is 3.57. The van der Waals surface area contributed by atoms with Crippen LogP contribution in [0, 0.1) is 11.8 Å². The summed E-state index contributed by atoms with van der Waals surface area (Å²) in [5.74, 6) is 1.32. The molecular weight excluding hydrogens is 164 g/mol. The molecule has 1 rings (SSSR count). The number of amides is 1. The van der Waals surface area contributed by atoms with Gasteiger partial charge in [-0.25, -0.2) is 5.43 Å². The van der Waals surface area contributed by atoms with Crippen LogP contribution in [0.15, 0.2) is 5.10 Å². The highest BCUT2D eigenvalue weighted by molar-refractivity contribution is 5.86. The fraction of sp³-hybridized carbons (Fsp3) is 0.800. The van der Waals surface area contributed by atoms with Gasteiger partial charge in [0.15, 0.2) is 0 Å². The maximum atomic E-state index is 10.6. The Labute approximate surface area is 79.6 Å². The van der Waals surface area contributed by atoms with Gasteiger partial charge in [-0.1, -0.05) is 13.8 Å². The van der Waals surface area contributed by atoms with Crippen LogP contribution in [0.25, 0.3) is 0 Å². The van der Waals surface area contributed by atoms with Gasteiger partial charge in [-0.05, 0) is 31.1 Å². The van der Waals surface area contributed by atoms with Crippen molar-refractivity contribution in [3.8, 4) is 0 Å². The molecule has 1 aliphatic carbocycles. The Kier molecular flexibility index (Phi) is 3.46. The minimum atomic E-state index is -0.0848. The Morgan fingerprint density at radius 2 is 1.92 bits per heavy atom. The first-order valence-corrected chi connectivity index (χ1v) is 4.90. The quantitative estimate of drug-likeness (QED) is 0.618. The van der Waals surface area contributed by atoms with Gasteiger partial charge in [-0.15, -0.1) is 0 Å². The van der Waals surface area contributed by atoms with Crippen LogP contribution in [0.5, 0.6) is 0 Å². The van der Waals surface area contributed by atoms with Gasteiger partial charge in [-0.2, -0.15) is 5.10 Å². The summed E-state index contributed by atoms with van der Waals surface area (Å²) >= 11 is 0. The molecule has 2 unspecified atom stereocenters. The van der Waals surface area contributed by atoms with Crippen LogP contribution in [-0.4, -0.2) is 11.6 Å². The van der Waals surface area contributed by atoms with Gasteiger partial charge in [0, 0.05) is 12.6 Å². The third-order valence-corrected chi connectivity index (χ3v) is 2.34. The molecule has 0 aromatic rings. The lowest BCUT2D eigenvalue weighted by Gasteiger charge is -2.24. The third-order valence-electron chi connectivity index (χ3n) is 2.34. The number of hydrogen-bond acceptors (Lipinski definition) is 2. The maximum absolute atomic E-state index is 10.6. The molecule has 1 amide bonds. The van der Waals surface area contributed by atoms with Crippen LogP contribution in [-0.2, 0) is 4.79 Å². The highest BCUT2D eigenvalue weighted by Crippen LogP contribution is 2.26. The molecule has 0 saturated heterocycles. The van der Waals surface area contributed by atoms with Gasteiger partial charge in [-0.3, -0.25) is 4.79 Å². The maximum Gasteiger partial charge on any atom is 0.236 e. The van der Waals surface area contributed by atoms with E-state index in [2.05, 4.69) is 24.4 Å². The van der Waals surface area contributed by atoms with Crippen molar-refractivity contribution in [2.45, 2.75) is 40.0 Å². The van der Waals surface area contributed by atoms with E-state index in [1.165, 1.54) is 13.3 Å².